The van der Waals surface area contributed by atoms with Crippen LogP contribution in [0.3, 0.4) is 0 Å². The Morgan fingerprint density at radius 2 is 1.90 bits per heavy atom. The molecule has 0 spiro atoms. The van der Waals surface area contributed by atoms with Crippen molar-refractivity contribution in [1.29, 1.82) is 0 Å². The van der Waals surface area contributed by atoms with Gasteiger partial charge >= 0.3 is 0 Å². The molecule has 1 aromatic carbocycles. The fraction of sp³-hybridized carbons (Fsp3) is 0.467. The minimum atomic E-state index is -3.54. The normalized spacial score (nSPS) is 17.3. The van der Waals surface area contributed by atoms with E-state index in [0.29, 0.717) is 18.7 Å². The largest absolute Gasteiger partial charge is 0.384 e. The molecule has 5 nitrogen and oxygen atoms in total. The zero-order valence-electron chi connectivity index (χ0n) is 12.3. The fourth-order valence-electron chi connectivity index (χ4n) is 2.27. The predicted molar refractivity (Wildman–Crippen MR) is 81.4 cm³/mol. The zero-order chi connectivity index (χ0) is 15.5. The third-order valence-corrected chi connectivity index (χ3v) is 5.47. The van der Waals surface area contributed by atoms with Gasteiger partial charge in [0.15, 0.2) is 0 Å². The van der Waals surface area contributed by atoms with Crippen LogP contribution >= 0.6 is 0 Å². The van der Waals surface area contributed by atoms with Gasteiger partial charge in [0.05, 0.1) is 4.90 Å². The summed E-state index contributed by atoms with van der Waals surface area (Å²) in [4.78, 5) is 2.33. The molecule has 0 saturated carbocycles. The Labute approximate surface area is 126 Å². The number of aryl methyl sites for hydroxylation is 1. The molecule has 1 N–H and O–H groups in total. The highest BCUT2D eigenvalue weighted by Gasteiger charge is 2.29. The topological polar surface area (TPSA) is 60.9 Å². The molecule has 0 bridgehead atoms. The summed E-state index contributed by atoms with van der Waals surface area (Å²) in [6, 6.07) is 5.11. The molecule has 2 rings (SSSR count). The van der Waals surface area contributed by atoms with Crippen LogP contribution in [-0.2, 0) is 10.0 Å². The van der Waals surface area contributed by atoms with Gasteiger partial charge in [0, 0.05) is 31.7 Å². The van der Waals surface area contributed by atoms with E-state index in [-0.39, 0.29) is 11.5 Å². The second-order valence-electron chi connectivity index (χ2n) is 5.17. The van der Waals surface area contributed by atoms with Crippen molar-refractivity contribution in [3.8, 4) is 11.8 Å². The average Bonchev–Trinajstić information content (AvgIpc) is 2.45. The Morgan fingerprint density at radius 1 is 1.24 bits per heavy atom. The van der Waals surface area contributed by atoms with Gasteiger partial charge in [0.2, 0.25) is 10.0 Å². The maximum atomic E-state index is 12.8. The van der Waals surface area contributed by atoms with E-state index in [9.17, 15) is 8.42 Å². The highest BCUT2D eigenvalue weighted by Crippen LogP contribution is 2.22. The van der Waals surface area contributed by atoms with Gasteiger partial charge in [0.25, 0.3) is 0 Å². The van der Waals surface area contributed by atoms with Crippen LogP contribution < -0.4 is 0 Å². The van der Waals surface area contributed by atoms with E-state index in [4.69, 9.17) is 5.11 Å². The minimum absolute atomic E-state index is 0.221. The number of sulfonamides is 1. The first kappa shape index (κ1) is 16.0. The van der Waals surface area contributed by atoms with Gasteiger partial charge < -0.3 is 10.0 Å². The Kier molecular flexibility index (Phi) is 5.01. The zero-order valence-corrected chi connectivity index (χ0v) is 13.2. The van der Waals surface area contributed by atoms with Crippen molar-refractivity contribution in [2.75, 3.05) is 39.8 Å². The molecular weight excluding hydrogens is 288 g/mol. The lowest BCUT2D eigenvalue weighted by Crippen LogP contribution is -2.47. The standard InChI is InChI=1S/C15H20N2O3S/c1-13-5-6-15(14(12-13)4-3-11-18)21(19,20)17-9-7-16(2)8-10-17/h5-6,12,18H,7-11H2,1-2H3. The van der Waals surface area contributed by atoms with Crippen molar-refractivity contribution in [2.45, 2.75) is 11.8 Å². The van der Waals surface area contributed by atoms with Crippen molar-refractivity contribution in [3.63, 3.8) is 0 Å². The number of hydrogen-bond donors (Lipinski definition) is 1. The van der Waals surface area contributed by atoms with E-state index in [2.05, 4.69) is 16.7 Å². The molecule has 0 aliphatic carbocycles. The Bertz CT molecular complexity index is 666. The Hall–Kier alpha value is -1.39. The smallest absolute Gasteiger partial charge is 0.244 e. The first-order chi connectivity index (χ1) is 9.95. The van der Waals surface area contributed by atoms with E-state index in [1.165, 1.54) is 4.31 Å². The molecule has 114 valence electrons. The highest BCUT2D eigenvalue weighted by molar-refractivity contribution is 7.89. The summed E-state index contributed by atoms with van der Waals surface area (Å²) >= 11 is 0. The molecule has 21 heavy (non-hydrogen) atoms. The van der Waals surface area contributed by atoms with Crippen molar-refractivity contribution in [2.24, 2.45) is 0 Å². The summed E-state index contributed by atoms with van der Waals surface area (Å²) in [7, 11) is -1.56. The van der Waals surface area contributed by atoms with E-state index in [1.54, 1.807) is 18.2 Å². The molecule has 0 atom stereocenters. The van der Waals surface area contributed by atoms with Crippen molar-refractivity contribution in [3.05, 3.63) is 29.3 Å². The van der Waals surface area contributed by atoms with Crippen LogP contribution in [0.4, 0.5) is 0 Å². The third kappa shape index (κ3) is 3.63. The molecule has 0 aromatic heterocycles. The molecule has 0 amide bonds. The van der Waals surface area contributed by atoms with Crippen LogP contribution in [0.15, 0.2) is 23.1 Å². The van der Waals surface area contributed by atoms with Crippen LogP contribution in [0.2, 0.25) is 0 Å². The maximum absolute atomic E-state index is 12.8. The van der Waals surface area contributed by atoms with Gasteiger partial charge in [-0.1, -0.05) is 17.9 Å². The summed E-state index contributed by atoms with van der Waals surface area (Å²) in [5.41, 5.74) is 1.39. The van der Waals surface area contributed by atoms with E-state index in [1.807, 2.05) is 14.0 Å². The Balaban J connectivity index is 2.40. The first-order valence-corrected chi connectivity index (χ1v) is 8.28. The number of aliphatic hydroxyl groups excluding tert-OH is 1. The molecule has 1 fully saturated rings. The minimum Gasteiger partial charge on any atom is -0.384 e. The summed E-state index contributed by atoms with van der Waals surface area (Å²) in [6.07, 6.45) is 0. The molecule has 1 aromatic rings. The van der Waals surface area contributed by atoms with Crippen molar-refractivity contribution < 1.29 is 13.5 Å². The van der Waals surface area contributed by atoms with Crippen LogP contribution in [0, 0.1) is 18.8 Å². The summed E-state index contributed by atoms with van der Waals surface area (Å²) in [6.45, 7) is 4.02. The number of nitrogens with zero attached hydrogens (tertiary/aromatic N) is 2. The van der Waals surface area contributed by atoms with Crippen molar-refractivity contribution >= 4 is 10.0 Å². The quantitative estimate of drug-likeness (QED) is 0.797. The van der Waals surface area contributed by atoms with Gasteiger partial charge in [-0.25, -0.2) is 8.42 Å². The highest BCUT2D eigenvalue weighted by atomic mass is 32.2. The lowest BCUT2D eigenvalue weighted by Gasteiger charge is -2.31. The number of piperazine rings is 1. The van der Waals surface area contributed by atoms with Crippen LogP contribution in [0.5, 0.6) is 0 Å². The van der Waals surface area contributed by atoms with Gasteiger partial charge in [0.1, 0.15) is 6.61 Å². The second kappa shape index (κ2) is 6.58. The number of hydrogen-bond acceptors (Lipinski definition) is 4. The van der Waals surface area contributed by atoms with E-state index < -0.39 is 10.0 Å². The molecule has 1 saturated heterocycles. The SMILES string of the molecule is Cc1ccc(S(=O)(=O)N2CCN(C)CC2)c(C#CCO)c1. The maximum Gasteiger partial charge on any atom is 0.244 e. The monoisotopic (exact) mass is 308 g/mol. The van der Waals surface area contributed by atoms with E-state index >= 15 is 0 Å². The van der Waals surface area contributed by atoms with Gasteiger partial charge in [-0.3, -0.25) is 0 Å². The van der Waals surface area contributed by atoms with Gasteiger partial charge in [-0.05, 0) is 31.7 Å². The van der Waals surface area contributed by atoms with Crippen molar-refractivity contribution in [1.82, 2.24) is 9.21 Å². The molecule has 6 heteroatoms. The summed E-state index contributed by atoms with van der Waals surface area (Å²) in [5.74, 6) is 5.27. The molecule has 0 unspecified atom stereocenters. The average molecular weight is 308 g/mol. The number of likely N-dealkylation sites (N-methyl/N-ethyl adjacent to an activating group) is 1. The molecule has 1 aliphatic heterocycles. The number of rotatable bonds is 2. The summed E-state index contributed by atoms with van der Waals surface area (Å²) in [5, 5.41) is 8.83. The lowest BCUT2D eigenvalue weighted by atomic mass is 10.1. The number of benzene rings is 1. The fourth-order valence-corrected chi connectivity index (χ4v) is 3.82. The van der Waals surface area contributed by atoms with Crippen LogP contribution in [0.1, 0.15) is 11.1 Å². The van der Waals surface area contributed by atoms with Crippen LogP contribution in [0.25, 0.3) is 0 Å². The molecular formula is C15H20N2O3S. The number of aliphatic hydroxyl groups is 1. The molecule has 0 radical (unpaired) electrons. The van der Waals surface area contributed by atoms with Crippen LogP contribution in [-0.4, -0.2) is 62.6 Å². The third-order valence-electron chi connectivity index (χ3n) is 3.52. The second-order valence-corrected chi connectivity index (χ2v) is 7.07. The Morgan fingerprint density at radius 3 is 2.52 bits per heavy atom. The molecule has 1 aliphatic rings. The predicted octanol–water partition coefficient (Wildman–Crippen LogP) is 0.275. The lowest BCUT2D eigenvalue weighted by molar-refractivity contribution is 0.222. The first-order valence-electron chi connectivity index (χ1n) is 6.84. The van der Waals surface area contributed by atoms with E-state index in [0.717, 1.165) is 18.7 Å². The van der Waals surface area contributed by atoms with Gasteiger partial charge in [-0.15, -0.1) is 0 Å². The van der Waals surface area contributed by atoms with Gasteiger partial charge in [-0.2, -0.15) is 4.31 Å². The molecule has 1 heterocycles. The summed E-state index contributed by atoms with van der Waals surface area (Å²) < 4.78 is 27.0.